The van der Waals surface area contributed by atoms with Crippen LogP contribution in [0.25, 0.3) is 11.1 Å². The van der Waals surface area contributed by atoms with Gasteiger partial charge in [-0.2, -0.15) is 0 Å². The summed E-state index contributed by atoms with van der Waals surface area (Å²) in [4.78, 5) is 44.9. The van der Waals surface area contributed by atoms with Crippen LogP contribution in [0.1, 0.15) is 32.8 Å². The minimum Gasteiger partial charge on any atom is -0.442 e. The molecule has 0 saturated heterocycles. The zero-order chi connectivity index (χ0) is 19.8. The van der Waals surface area contributed by atoms with E-state index in [1.54, 1.807) is 18.9 Å². The SMILES string of the molecule is Cc1oc2nc[nH]c(=O)c2c1C(=O)NCCc1cccc2c1CC(=O)N(C)C2. The second-order valence-electron chi connectivity index (χ2n) is 6.93. The standard InChI is InChI=1S/C20H20N4O4/c1-11-16(17-19(27)22-10-23-20(17)28-11)18(26)21-7-6-12-4-3-5-13-9-24(2)15(25)8-14(12)13/h3-5,10H,6-9H2,1-2H3,(H,21,26)(H,22,23,27). The van der Waals surface area contributed by atoms with Crippen LogP contribution in [0.15, 0.2) is 33.7 Å². The van der Waals surface area contributed by atoms with Crippen LogP contribution in [0.5, 0.6) is 0 Å². The Morgan fingerprint density at radius 2 is 2.18 bits per heavy atom. The van der Waals surface area contributed by atoms with Crippen LogP contribution in [0.3, 0.4) is 0 Å². The van der Waals surface area contributed by atoms with Gasteiger partial charge in [-0.1, -0.05) is 18.2 Å². The number of nitrogens with zero attached hydrogens (tertiary/aromatic N) is 2. The molecule has 2 N–H and O–H groups in total. The number of hydrogen-bond donors (Lipinski definition) is 2. The molecule has 0 fully saturated rings. The highest BCUT2D eigenvalue weighted by Gasteiger charge is 2.23. The van der Waals surface area contributed by atoms with E-state index in [0.29, 0.717) is 31.7 Å². The predicted octanol–water partition coefficient (Wildman–Crippen LogP) is 1.31. The molecule has 2 aromatic heterocycles. The van der Waals surface area contributed by atoms with E-state index in [4.69, 9.17) is 4.42 Å². The van der Waals surface area contributed by atoms with Crippen molar-refractivity contribution in [2.75, 3.05) is 13.6 Å². The smallest absolute Gasteiger partial charge is 0.262 e. The van der Waals surface area contributed by atoms with Gasteiger partial charge in [-0.25, -0.2) is 4.98 Å². The molecule has 144 valence electrons. The summed E-state index contributed by atoms with van der Waals surface area (Å²) in [7, 11) is 1.80. The zero-order valence-electron chi connectivity index (χ0n) is 15.7. The first kappa shape index (κ1) is 18.0. The highest BCUT2D eigenvalue weighted by Crippen LogP contribution is 2.23. The number of H-pyrrole nitrogens is 1. The van der Waals surface area contributed by atoms with E-state index in [-0.39, 0.29) is 28.5 Å². The van der Waals surface area contributed by atoms with Crippen molar-refractivity contribution in [3.05, 3.63) is 62.9 Å². The fourth-order valence-corrected chi connectivity index (χ4v) is 3.65. The highest BCUT2D eigenvalue weighted by atomic mass is 16.3. The number of benzene rings is 1. The van der Waals surface area contributed by atoms with E-state index < -0.39 is 5.56 Å². The van der Waals surface area contributed by atoms with Crippen LogP contribution in [-0.2, 0) is 24.2 Å². The van der Waals surface area contributed by atoms with Crippen LogP contribution in [-0.4, -0.2) is 40.3 Å². The minimum absolute atomic E-state index is 0.0937. The summed E-state index contributed by atoms with van der Waals surface area (Å²) in [5.74, 6) is 0.0639. The van der Waals surface area contributed by atoms with Gasteiger partial charge in [-0.3, -0.25) is 14.4 Å². The summed E-state index contributed by atoms with van der Waals surface area (Å²) in [5.41, 5.74) is 3.17. The molecule has 1 aliphatic heterocycles. The van der Waals surface area contributed by atoms with Crippen LogP contribution >= 0.6 is 0 Å². The number of rotatable bonds is 4. The van der Waals surface area contributed by atoms with Gasteiger partial charge < -0.3 is 19.6 Å². The van der Waals surface area contributed by atoms with Crippen LogP contribution in [0.2, 0.25) is 0 Å². The third kappa shape index (κ3) is 3.06. The van der Waals surface area contributed by atoms with Crippen molar-refractivity contribution in [1.82, 2.24) is 20.2 Å². The third-order valence-electron chi connectivity index (χ3n) is 5.11. The zero-order valence-corrected chi connectivity index (χ0v) is 15.7. The highest BCUT2D eigenvalue weighted by molar-refractivity contribution is 6.06. The van der Waals surface area contributed by atoms with Crippen molar-refractivity contribution in [2.45, 2.75) is 26.3 Å². The Balaban J connectivity index is 1.51. The molecule has 0 saturated carbocycles. The number of furan rings is 1. The Kier molecular flexibility index (Phi) is 4.46. The maximum absolute atomic E-state index is 12.7. The van der Waals surface area contributed by atoms with E-state index in [0.717, 1.165) is 16.7 Å². The number of likely N-dealkylation sites (N-methyl/N-ethyl adjacent to an activating group) is 1. The van der Waals surface area contributed by atoms with Crippen molar-refractivity contribution in [3.63, 3.8) is 0 Å². The van der Waals surface area contributed by atoms with E-state index in [1.807, 2.05) is 18.2 Å². The fourth-order valence-electron chi connectivity index (χ4n) is 3.65. The Hall–Kier alpha value is -3.42. The molecule has 0 bridgehead atoms. The van der Waals surface area contributed by atoms with Gasteiger partial charge >= 0.3 is 0 Å². The van der Waals surface area contributed by atoms with Gasteiger partial charge in [0.05, 0.1) is 18.3 Å². The molecule has 4 rings (SSSR count). The number of aryl methyl sites for hydroxylation is 1. The Bertz CT molecular complexity index is 1140. The molecular weight excluding hydrogens is 360 g/mol. The molecule has 1 aromatic carbocycles. The van der Waals surface area contributed by atoms with Crippen LogP contribution in [0, 0.1) is 6.92 Å². The molecular formula is C20H20N4O4. The van der Waals surface area contributed by atoms with Crippen LogP contribution in [0.4, 0.5) is 0 Å². The third-order valence-corrected chi connectivity index (χ3v) is 5.11. The van der Waals surface area contributed by atoms with Crippen molar-refractivity contribution in [3.8, 4) is 0 Å². The topological polar surface area (TPSA) is 108 Å². The molecule has 8 heteroatoms. The summed E-state index contributed by atoms with van der Waals surface area (Å²) < 4.78 is 5.43. The average molecular weight is 380 g/mol. The lowest BCUT2D eigenvalue weighted by atomic mass is 9.93. The molecule has 8 nitrogen and oxygen atoms in total. The number of fused-ring (bicyclic) bond motifs is 2. The number of nitrogens with one attached hydrogen (secondary N) is 2. The summed E-state index contributed by atoms with van der Waals surface area (Å²) in [6.07, 6.45) is 2.21. The number of amides is 2. The molecule has 2 amide bonds. The van der Waals surface area contributed by atoms with Crippen molar-refractivity contribution in [2.24, 2.45) is 0 Å². The molecule has 0 aliphatic carbocycles. The Morgan fingerprint density at radius 3 is 3.00 bits per heavy atom. The van der Waals surface area contributed by atoms with Crippen LogP contribution < -0.4 is 10.9 Å². The molecule has 0 spiro atoms. The van der Waals surface area contributed by atoms with Crippen molar-refractivity contribution >= 4 is 22.9 Å². The van der Waals surface area contributed by atoms with Gasteiger partial charge in [0, 0.05) is 20.1 Å². The quantitative estimate of drug-likeness (QED) is 0.709. The number of aromatic nitrogens is 2. The first-order chi connectivity index (χ1) is 13.5. The van der Waals surface area contributed by atoms with Gasteiger partial charge in [0.15, 0.2) is 0 Å². The maximum Gasteiger partial charge on any atom is 0.262 e. The van der Waals surface area contributed by atoms with Crippen molar-refractivity contribution < 1.29 is 14.0 Å². The van der Waals surface area contributed by atoms with E-state index in [2.05, 4.69) is 15.3 Å². The number of carbonyl (C=O) groups excluding carboxylic acids is 2. The summed E-state index contributed by atoms with van der Waals surface area (Å²) >= 11 is 0. The van der Waals surface area contributed by atoms with Crippen molar-refractivity contribution in [1.29, 1.82) is 0 Å². The first-order valence-corrected chi connectivity index (χ1v) is 9.04. The lowest BCUT2D eigenvalue weighted by Crippen LogP contribution is -2.33. The van der Waals surface area contributed by atoms with E-state index in [1.165, 1.54) is 6.33 Å². The molecule has 1 aliphatic rings. The molecule has 0 unspecified atom stereocenters. The monoisotopic (exact) mass is 380 g/mol. The largest absolute Gasteiger partial charge is 0.442 e. The number of hydrogen-bond acceptors (Lipinski definition) is 5. The van der Waals surface area contributed by atoms with E-state index in [9.17, 15) is 14.4 Å². The van der Waals surface area contributed by atoms with Gasteiger partial charge in [-0.15, -0.1) is 0 Å². The number of carbonyl (C=O) groups is 2. The molecule has 3 heterocycles. The average Bonchev–Trinajstić information content (AvgIpc) is 3.00. The molecule has 28 heavy (non-hydrogen) atoms. The fraction of sp³-hybridized carbons (Fsp3) is 0.300. The predicted molar refractivity (Wildman–Crippen MR) is 102 cm³/mol. The van der Waals surface area contributed by atoms with Gasteiger partial charge in [0.2, 0.25) is 11.6 Å². The first-order valence-electron chi connectivity index (χ1n) is 9.04. The summed E-state index contributed by atoms with van der Waals surface area (Å²) in [5, 5.41) is 3.00. The summed E-state index contributed by atoms with van der Waals surface area (Å²) in [6.45, 7) is 2.61. The molecule has 3 aromatic rings. The second-order valence-corrected chi connectivity index (χ2v) is 6.93. The summed E-state index contributed by atoms with van der Waals surface area (Å²) in [6, 6.07) is 5.98. The van der Waals surface area contributed by atoms with Gasteiger partial charge in [0.1, 0.15) is 11.1 Å². The van der Waals surface area contributed by atoms with Gasteiger partial charge in [-0.05, 0) is 30.0 Å². The van der Waals surface area contributed by atoms with Gasteiger partial charge in [0.25, 0.3) is 11.5 Å². The second kappa shape index (κ2) is 6.95. The van der Waals surface area contributed by atoms with E-state index >= 15 is 0 Å². The normalized spacial score (nSPS) is 13.6. The minimum atomic E-state index is -0.410. The molecule has 0 radical (unpaired) electrons. The maximum atomic E-state index is 12.7. The lowest BCUT2D eigenvalue weighted by Gasteiger charge is -2.26. The Labute approximate surface area is 160 Å². The Morgan fingerprint density at radius 1 is 1.36 bits per heavy atom. The lowest BCUT2D eigenvalue weighted by molar-refractivity contribution is -0.130. The number of aromatic amines is 1. The molecule has 0 atom stereocenters.